The van der Waals surface area contributed by atoms with Crippen molar-refractivity contribution in [2.24, 2.45) is 0 Å². The molecule has 0 atom stereocenters. The number of fused-ring (bicyclic) bond motifs is 1. The fourth-order valence-corrected chi connectivity index (χ4v) is 2.70. The van der Waals surface area contributed by atoms with Crippen LogP contribution in [0.5, 0.6) is 0 Å². The average molecular weight is 337 g/mol. The van der Waals surface area contributed by atoms with Crippen molar-refractivity contribution in [3.8, 4) is 0 Å². The lowest BCUT2D eigenvalue weighted by molar-refractivity contribution is 0.102. The Morgan fingerprint density at radius 3 is 2.76 bits per heavy atom. The third kappa shape index (κ3) is 2.93. The van der Waals surface area contributed by atoms with Gasteiger partial charge >= 0.3 is 0 Å². The Morgan fingerprint density at radius 1 is 1.24 bits per heavy atom. The van der Waals surface area contributed by atoms with Gasteiger partial charge in [-0.3, -0.25) is 4.79 Å². The second kappa shape index (κ2) is 5.54. The highest BCUT2D eigenvalue weighted by atomic mass is 16.3. The summed E-state index contributed by atoms with van der Waals surface area (Å²) in [6.45, 7) is 5.83. The molecule has 1 saturated carbocycles. The molecule has 1 fully saturated rings. The average Bonchev–Trinajstić information content (AvgIpc) is 3.12. The van der Waals surface area contributed by atoms with Crippen molar-refractivity contribution < 1.29 is 9.21 Å². The first-order valence-electron chi connectivity index (χ1n) is 8.22. The minimum Gasteiger partial charge on any atom is -0.445 e. The number of hydrogen-bond donors (Lipinski definition) is 2. The molecule has 0 spiro atoms. The lowest BCUT2D eigenvalue weighted by atomic mass is 10.2. The van der Waals surface area contributed by atoms with Crippen molar-refractivity contribution in [1.82, 2.24) is 15.0 Å². The summed E-state index contributed by atoms with van der Waals surface area (Å²) in [4.78, 5) is 25.8. The highest BCUT2D eigenvalue weighted by molar-refractivity contribution is 6.14. The van der Waals surface area contributed by atoms with Crippen LogP contribution in [0.3, 0.4) is 0 Å². The molecular weight excluding hydrogens is 318 g/mol. The maximum absolute atomic E-state index is 12.8. The number of carbonyl (C=O) groups is 1. The summed E-state index contributed by atoms with van der Waals surface area (Å²) < 4.78 is 5.52. The molecule has 0 radical (unpaired) electrons. The van der Waals surface area contributed by atoms with Crippen LogP contribution in [0.1, 0.15) is 41.5 Å². The summed E-state index contributed by atoms with van der Waals surface area (Å²) in [6, 6.07) is 3.72. The quantitative estimate of drug-likeness (QED) is 0.757. The minimum atomic E-state index is -0.294. The SMILES string of the molecule is Cc1nc(NC2(C)CC2)c2c(C(=O)Nc3ncccc3C)coc2n1. The minimum absolute atomic E-state index is 0.0241. The number of nitrogens with one attached hydrogen (secondary N) is 2. The van der Waals surface area contributed by atoms with Gasteiger partial charge in [-0.15, -0.1) is 0 Å². The second-order valence-corrected chi connectivity index (χ2v) is 6.76. The molecule has 25 heavy (non-hydrogen) atoms. The second-order valence-electron chi connectivity index (χ2n) is 6.76. The highest BCUT2D eigenvalue weighted by Crippen LogP contribution is 2.40. The standard InChI is InChI=1S/C18H19N5O2/c1-10-5-4-8-19-14(10)22-16(24)12-9-25-17-13(12)15(20-11(2)21-17)23-18(3)6-7-18/h4-5,8-9H,6-7H2,1-3H3,(H,19,22,24)(H,20,21,23). The van der Waals surface area contributed by atoms with Crippen LogP contribution in [0.25, 0.3) is 11.1 Å². The Balaban J connectivity index is 1.74. The predicted molar refractivity (Wildman–Crippen MR) is 94.7 cm³/mol. The number of pyridine rings is 1. The molecule has 3 aromatic rings. The molecule has 1 amide bonds. The Labute approximate surface area is 144 Å². The molecule has 0 aliphatic heterocycles. The topological polar surface area (TPSA) is 92.9 Å². The van der Waals surface area contributed by atoms with E-state index in [-0.39, 0.29) is 11.4 Å². The smallest absolute Gasteiger partial charge is 0.260 e. The van der Waals surface area contributed by atoms with Gasteiger partial charge in [0, 0.05) is 11.7 Å². The third-order valence-electron chi connectivity index (χ3n) is 4.45. The van der Waals surface area contributed by atoms with Gasteiger partial charge in [-0.2, -0.15) is 4.98 Å². The summed E-state index contributed by atoms with van der Waals surface area (Å²) in [7, 11) is 0. The zero-order valence-electron chi connectivity index (χ0n) is 14.4. The molecule has 128 valence electrons. The first-order chi connectivity index (χ1) is 12.0. The maximum Gasteiger partial charge on any atom is 0.260 e. The van der Waals surface area contributed by atoms with Gasteiger partial charge in [-0.1, -0.05) is 6.07 Å². The summed E-state index contributed by atoms with van der Waals surface area (Å²) >= 11 is 0. The normalized spacial score (nSPS) is 15.2. The Kier molecular flexibility index (Phi) is 3.45. The van der Waals surface area contributed by atoms with Crippen LogP contribution in [0.4, 0.5) is 11.6 Å². The van der Waals surface area contributed by atoms with Crippen LogP contribution in [0.2, 0.25) is 0 Å². The van der Waals surface area contributed by atoms with Crippen molar-refractivity contribution in [3.05, 3.63) is 41.5 Å². The number of carbonyl (C=O) groups excluding carboxylic acids is 1. The summed E-state index contributed by atoms with van der Waals surface area (Å²) in [6.07, 6.45) is 5.21. The summed E-state index contributed by atoms with van der Waals surface area (Å²) in [5.74, 6) is 1.47. The van der Waals surface area contributed by atoms with E-state index in [2.05, 4.69) is 32.5 Å². The van der Waals surface area contributed by atoms with Crippen molar-refractivity contribution in [2.45, 2.75) is 39.2 Å². The molecule has 7 nitrogen and oxygen atoms in total. The van der Waals surface area contributed by atoms with Gasteiger partial charge in [0.05, 0.1) is 10.9 Å². The van der Waals surface area contributed by atoms with Crippen molar-refractivity contribution in [1.29, 1.82) is 0 Å². The van der Waals surface area contributed by atoms with Gasteiger partial charge in [0.15, 0.2) is 0 Å². The molecule has 3 heterocycles. The highest BCUT2D eigenvalue weighted by Gasteiger charge is 2.38. The number of aryl methyl sites for hydroxylation is 2. The van der Waals surface area contributed by atoms with E-state index in [0.29, 0.717) is 34.1 Å². The van der Waals surface area contributed by atoms with Crippen molar-refractivity contribution >= 4 is 28.6 Å². The van der Waals surface area contributed by atoms with Gasteiger partial charge in [-0.05, 0) is 45.2 Å². The number of rotatable bonds is 4. The van der Waals surface area contributed by atoms with E-state index >= 15 is 0 Å². The zero-order valence-corrected chi connectivity index (χ0v) is 14.4. The van der Waals surface area contributed by atoms with E-state index in [1.54, 1.807) is 13.1 Å². The van der Waals surface area contributed by atoms with Crippen LogP contribution in [-0.4, -0.2) is 26.4 Å². The first kappa shape index (κ1) is 15.6. The van der Waals surface area contributed by atoms with Gasteiger partial charge in [0.25, 0.3) is 5.91 Å². The molecule has 0 bridgehead atoms. The molecule has 4 rings (SSSR count). The van der Waals surface area contributed by atoms with Crippen LogP contribution < -0.4 is 10.6 Å². The number of anilines is 2. The summed E-state index contributed by atoms with van der Waals surface area (Å²) in [5, 5.41) is 6.86. The Bertz CT molecular complexity index is 975. The fourth-order valence-electron chi connectivity index (χ4n) is 2.70. The molecule has 2 N–H and O–H groups in total. The van der Waals surface area contributed by atoms with E-state index in [9.17, 15) is 4.79 Å². The van der Waals surface area contributed by atoms with Gasteiger partial charge in [0.1, 0.15) is 23.7 Å². The van der Waals surface area contributed by atoms with Gasteiger partial charge in [0.2, 0.25) is 5.71 Å². The van der Waals surface area contributed by atoms with E-state index < -0.39 is 0 Å². The fraction of sp³-hybridized carbons (Fsp3) is 0.333. The van der Waals surface area contributed by atoms with Crippen LogP contribution >= 0.6 is 0 Å². The number of hydrogen-bond acceptors (Lipinski definition) is 6. The van der Waals surface area contributed by atoms with Gasteiger partial charge in [-0.25, -0.2) is 9.97 Å². The third-order valence-corrected chi connectivity index (χ3v) is 4.45. The molecule has 1 aliphatic carbocycles. The Morgan fingerprint density at radius 2 is 2.04 bits per heavy atom. The molecule has 7 heteroatoms. The zero-order chi connectivity index (χ0) is 17.6. The van der Waals surface area contributed by atoms with E-state index in [1.807, 2.05) is 19.1 Å². The lowest BCUT2D eigenvalue weighted by Crippen LogP contribution is -2.19. The van der Waals surface area contributed by atoms with Crippen molar-refractivity contribution in [2.75, 3.05) is 10.6 Å². The van der Waals surface area contributed by atoms with E-state index in [4.69, 9.17) is 4.42 Å². The largest absolute Gasteiger partial charge is 0.445 e. The summed E-state index contributed by atoms with van der Waals surface area (Å²) in [5.41, 5.74) is 1.71. The van der Waals surface area contributed by atoms with Gasteiger partial charge < -0.3 is 15.1 Å². The maximum atomic E-state index is 12.8. The molecule has 3 aromatic heterocycles. The molecule has 0 saturated heterocycles. The predicted octanol–water partition coefficient (Wildman–Crippen LogP) is 3.45. The van der Waals surface area contributed by atoms with Crippen molar-refractivity contribution in [3.63, 3.8) is 0 Å². The molecule has 0 aromatic carbocycles. The molecular formula is C18H19N5O2. The Hall–Kier alpha value is -2.96. The monoisotopic (exact) mass is 337 g/mol. The van der Waals surface area contributed by atoms with Crippen LogP contribution in [-0.2, 0) is 0 Å². The van der Waals surface area contributed by atoms with E-state index in [0.717, 1.165) is 18.4 Å². The van der Waals surface area contributed by atoms with Crippen LogP contribution in [0.15, 0.2) is 29.0 Å². The first-order valence-corrected chi connectivity index (χ1v) is 8.22. The molecule has 1 aliphatic rings. The van der Waals surface area contributed by atoms with E-state index in [1.165, 1.54) is 6.26 Å². The van der Waals surface area contributed by atoms with Crippen LogP contribution in [0, 0.1) is 13.8 Å². The lowest BCUT2D eigenvalue weighted by Gasteiger charge is -2.14. The number of furan rings is 1. The number of amides is 1. The number of aromatic nitrogens is 3. The molecule has 0 unspecified atom stereocenters. The number of nitrogens with zero attached hydrogens (tertiary/aromatic N) is 3.